The lowest BCUT2D eigenvalue weighted by Crippen LogP contribution is -2.39. The molecule has 1 aliphatic heterocycles. The van der Waals surface area contributed by atoms with Crippen LogP contribution in [0, 0.1) is 18.3 Å². The molecule has 0 aromatic rings. The third kappa shape index (κ3) is 2.51. The summed E-state index contributed by atoms with van der Waals surface area (Å²) in [6.45, 7) is 5.14. The molecule has 0 aromatic heterocycles. The summed E-state index contributed by atoms with van der Waals surface area (Å²) in [5, 5.41) is 0. The van der Waals surface area contributed by atoms with Crippen molar-refractivity contribution in [2.24, 2.45) is 11.7 Å². The third-order valence-electron chi connectivity index (χ3n) is 2.69. The number of piperidine rings is 1. The molecule has 1 saturated heterocycles. The fourth-order valence-corrected chi connectivity index (χ4v) is 1.77. The number of hydrogen-bond donors (Lipinski definition) is 1. The molecule has 1 rings (SSSR count). The molecule has 0 spiro atoms. The summed E-state index contributed by atoms with van der Waals surface area (Å²) in [5.74, 6) is 3.38. The second kappa shape index (κ2) is 4.49. The van der Waals surface area contributed by atoms with Gasteiger partial charge in [0.25, 0.3) is 0 Å². The van der Waals surface area contributed by atoms with Gasteiger partial charge in [-0.2, -0.15) is 0 Å². The van der Waals surface area contributed by atoms with Gasteiger partial charge >= 0.3 is 0 Å². The van der Waals surface area contributed by atoms with Crippen LogP contribution < -0.4 is 5.73 Å². The average molecular weight is 166 g/mol. The third-order valence-corrected chi connectivity index (χ3v) is 2.69. The van der Waals surface area contributed by atoms with Gasteiger partial charge in [-0.25, -0.2) is 0 Å². The minimum atomic E-state index is 0.345. The van der Waals surface area contributed by atoms with E-state index in [1.807, 2.05) is 0 Å². The van der Waals surface area contributed by atoms with Gasteiger partial charge in [0.2, 0.25) is 0 Å². The Bertz CT molecular complexity index is 161. The maximum atomic E-state index is 5.83. The second-order valence-electron chi connectivity index (χ2n) is 3.68. The number of likely N-dealkylation sites (tertiary alicyclic amines) is 1. The Labute approximate surface area is 75.1 Å². The first-order chi connectivity index (χ1) is 5.74. The molecule has 1 heterocycles. The summed E-state index contributed by atoms with van der Waals surface area (Å²) in [5.41, 5.74) is 5.83. The molecule has 1 fully saturated rings. The van der Waals surface area contributed by atoms with Crippen molar-refractivity contribution in [1.29, 1.82) is 0 Å². The number of hydrogen-bond acceptors (Lipinski definition) is 2. The molecule has 68 valence electrons. The van der Waals surface area contributed by atoms with Crippen LogP contribution in [0.5, 0.6) is 0 Å². The highest BCUT2D eigenvalue weighted by atomic mass is 15.1. The van der Waals surface area contributed by atoms with Crippen LogP contribution in [-0.2, 0) is 0 Å². The normalized spacial score (nSPS) is 23.4. The predicted octanol–water partition coefficient (Wildman–Crippen LogP) is 0.679. The lowest BCUT2D eigenvalue weighted by atomic mass is 9.91. The summed E-state index contributed by atoms with van der Waals surface area (Å²) < 4.78 is 0. The molecule has 2 heteroatoms. The van der Waals surface area contributed by atoms with Crippen molar-refractivity contribution >= 4 is 0 Å². The molecule has 0 radical (unpaired) electrons. The largest absolute Gasteiger partial charge is 0.328 e. The van der Waals surface area contributed by atoms with Crippen LogP contribution in [0.15, 0.2) is 0 Å². The highest BCUT2D eigenvalue weighted by Gasteiger charge is 2.20. The number of nitrogens with zero attached hydrogens (tertiary/aromatic N) is 1. The van der Waals surface area contributed by atoms with E-state index < -0.39 is 0 Å². The van der Waals surface area contributed by atoms with Crippen molar-refractivity contribution in [2.75, 3.05) is 19.6 Å². The minimum absolute atomic E-state index is 0.345. The first-order valence-electron chi connectivity index (χ1n) is 4.65. The summed E-state index contributed by atoms with van der Waals surface area (Å²) in [6.07, 6.45) is 7.65. The Morgan fingerprint density at radius 1 is 1.58 bits per heavy atom. The van der Waals surface area contributed by atoms with Crippen LogP contribution in [0.1, 0.15) is 19.8 Å². The van der Waals surface area contributed by atoms with Gasteiger partial charge in [0.15, 0.2) is 0 Å². The highest BCUT2D eigenvalue weighted by Crippen LogP contribution is 2.18. The molecule has 0 saturated carbocycles. The summed E-state index contributed by atoms with van der Waals surface area (Å²) in [7, 11) is 0. The standard InChI is InChI=1S/C10H18N2/c1-3-6-12-7-4-10(5-8-12)9(2)11/h1,9-10H,4-8,11H2,2H3. The monoisotopic (exact) mass is 166 g/mol. The average Bonchev–Trinajstić information content (AvgIpc) is 2.06. The van der Waals surface area contributed by atoms with Gasteiger partial charge < -0.3 is 5.73 Å². The van der Waals surface area contributed by atoms with Crippen LogP contribution >= 0.6 is 0 Å². The van der Waals surface area contributed by atoms with Gasteiger partial charge in [0, 0.05) is 6.04 Å². The lowest BCUT2D eigenvalue weighted by molar-refractivity contribution is 0.189. The van der Waals surface area contributed by atoms with Crippen molar-refractivity contribution in [2.45, 2.75) is 25.8 Å². The Hall–Kier alpha value is -0.520. The van der Waals surface area contributed by atoms with Gasteiger partial charge in [-0.1, -0.05) is 5.92 Å². The minimum Gasteiger partial charge on any atom is -0.328 e. The fraction of sp³-hybridized carbons (Fsp3) is 0.800. The molecular weight excluding hydrogens is 148 g/mol. The van der Waals surface area contributed by atoms with E-state index in [1.165, 1.54) is 12.8 Å². The Morgan fingerprint density at radius 3 is 2.58 bits per heavy atom. The zero-order valence-electron chi connectivity index (χ0n) is 7.79. The Balaban J connectivity index is 2.26. The van der Waals surface area contributed by atoms with E-state index in [0.717, 1.165) is 19.6 Å². The molecule has 0 amide bonds. The number of terminal acetylenes is 1. The van der Waals surface area contributed by atoms with Crippen molar-refractivity contribution in [3.8, 4) is 12.3 Å². The van der Waals surface area contributed by atoms with Gasteiger partial charge in [0.05, 0.1) is 6.54 Å². The summed E-state index contributed by atoms with van der Waals surface area (Å²) in [6, 6.07) is 0.345. The lowest BCUT2D eigenvalue weighted by Gasteiger charge is -2.32. The molecule has 0 aromatic carbocycles. The van der Waals surface area contributed by atoms with E-state index in [0.29, 0.717) is 12.0 Å². The molecule has 1 atom stereocenters. The number of nitrogens with two attached hydrogens (primary N) is 1. The van der Waals surface area contributed by atoms with Crippen molar-refractivity contribution in [3.05, 3.63) is 0 Å². The van der Waals surface area contributed by atoms with Crippen LogP contribution in [0.4, 0.5) is 0 Å². The van der Waals surface area contributed by atoms with Gasteiger partial charge in [-0.3, -0.25) is 4.90 Å². The molecule has 2 nitrogen and oxygen atoms in total. The van der Waals surface area contributed by atoms with Crippen molar-refractivity contribution in [3.63, 3.8) is 0 Å². The van der Waals surface area contributed by atoms with Crippen molar-refractivity contribution < 1.29 is 0 Å². The first-order valence-corrected chi connectivity index (χ1v) is 4.65. The van der Waals surface area contributed by atoms with E-state index in [1.54, 1.807) is 0 Å². The zero-order valence-corrected chi connectivity index (χ0v) is 7.79. The van der Waals surface area contributed by atoms with Gasteiger partial charge in [0.1, 0.15) is 0 Å². The SMILES string of the molecule is C#CCN1CCC(C(C)N)CC1. The van der Waals surface area contributed by atoms with Gasteiger partial charge in [-0.05, 0) is 38.8 Å². The molecule has 2 N–H and O–H groups in total. The topological polar surface area (TPSA) is 29.3 Å². The van der Waals surface area contributed by atoms with Gasteiger partial charge in [-0.15, -0.1) is 6.42 Å². The maximum absolute atomic E-state index is 5.83. The van der Waals surface area contributed by atoms with E-state index in [2.05, 4.69) is 17.7 Å². The molecule has 1 aliphatic rings. The Morgan fingerprint density at radius 2 is 2.17 bits per heavy atom. The summed E-state index contributed by atoms with van der Waals surface area (Å²) >= 11 is 0. The van der Waals surface area contributed by atoms with E-state index in [4.69, 9.17) is 12.2 Å². The van der Waals surface area contributed by atoms with Crippen LogP contribution in [-0.4, -0.2) is 30.6 Å². The smallest absolute Gasteiger partial charge is 0.0598 e. The van der Waals surface area contributed by atoms with Crippen LogP contribution in [0.25, 0.3) is 0 Å². The molecule has 0 aliphatic carbocycles. The highest BCUT2D eigenvalue weighted by molar-refractivity contribution is 4.90. The predicted molar refractivity (Wildman–Crippen MR) is 51.6 cm³/mol. The molecular formula is C10H18N2. The number of rotatable bonds is 2. The first kappa shape index (κ1) is 9.57. The zero-order chi connectivity index (χ0) is 8.97. The van der Waals surface area contributed by atoms with E-state index in [-0.39, 0.29) is 0 Å². The molecule has 12 heavy (non-hydrogen) atoms. The second-order valence-corrected chi connectivity index (χ2v) is 3.68. The van der Waals surface area contributed by atoms with Crippen LogP contribution in [0.3, 0.4) is 0 Å². The fourth-order valence-electron chi connectivity index (χ4n) is 1.77. The molecule has 0 bridgehead atoms. The van der Waals surface area contributed by atoms with Crippen molar-refractivity contribution in [1.82, 2.24) is 4.90 Å². The van der Waals surface area contributed by atoms with E-state index in [9.17, 15) is 0 Å². The quantitative estimate of drug-likeness (QED) is 0.611. The van der Waals surface area contributed by atoms with E-state index >= 15 is 0 Å². The maximum Gasteiger partial charge on any atom is 0.0598 e. The summed E-state index contributed by atoms with van der Waals surface area (Å²) in [4.78, 5) is 2.32. The molecule has 1 unspecified atom stereocenters. The Kier molecular flexibility index (Phi) is 3.58. The van der Waals surface area contributed by atoms with Crippen LogP contribution in [0.2, 0.25) is 0 Å².